The van der Waals surface area contributed by atoms with Gasteiger partial charge in [0, 0.05) is 23.1 Å². The highest BCUT2D eigenvalue weighted by molar-refractivity contribution is 8.12. The highest BCUT2D eigenvalue weighted by Gasteiger charge is 2.10. The first kappa shape index (κ1) is 14.1. The summed E-state index contributed by atoms with van der Waals surface area (Å²) in [6.07, 6.45) is 0. The molecule has 2 rings (SSSR count). The van der Waals surface area contributed by atoms with Crippen molar-refractivity contribution in [1.82, 2.24) is 4.72 Å². The van der Waals surface area contributed by atoms with Crippen LogP contribution in [-0.4, -0.2) is 18.1 Å². The van der Waals surface area contributed by atoms with Crippen molar-refractivity contribution >= 4 is 23.0 Å². The predicted octanol–water partition coefficient (Wildman–Crippen LogP) is 2.91. The lowest BCUT2D eigenvalue weighted by atomic mass is 10.2. The molecule has 102 valence electrons. The van der Waals surface area contributed by atoms with E-state index < -0.39 is 0 Å². The highest BCUT2D eigenvalue weighted by Crippen LogP contribution is 2.15. The Kier molecular flexibility index (Phi) is 4.79. The lowest BCUT2D eigenvalue weighted by Gasteiger charge is -2.04. The number of hydrogen-bond acceptors (Lipinski definition) is 4. The first-order valence-electron chi connectivity index (χ1n) is 5.91. The van der Waals surface area contributed by atoms with Crippen LogP contribution in [0.1, 0.15) is 20.7 Å². The Hall–Kier alpha value is -2.27. The van der Waals surface area contributed by atoms with Crippen molar-refractivity contribution in [3.05, 3.63) is 65.7 Å². The highest BCUT2D eigenvalue weighted by atomic mass is 32.2. The maximum atomic E-state index is 11.9. The topological polar surface area (TPSA) is 55.4 Å². The summed E-state index contributed by atoms with van der Waals surface area (Å²) in [5.41, 5.74) is 1.02. The van der Waals surface area contributed by atoms with Gasteiger partial charge in [-0.05, 0) is 36.4 Å². The summed E-state index contributed by atoms with van der Waals surface area (Å²) in [4.78, 5) is 23.7. The number of hydrogen-bond donors (Lipinski definition) is 1. The minimum Gasteiger partial charge on any atom is -0.497 e. The Morgan fingerprint density at radius 3 is 2.20 bits per heavy atom. The minimum atomic E-state index is -0.294. The number of rotatable bonds is 3. The van der Waals surface area contributed by atoms with Gasteiger partial charge in [0.25, 0.3) is 5.91 Å². The van der Waals surface area contributed by atoms with Crippen LogP contribution in [0.2, 0.25) is 0 Å². The number of carbonyl (C=O) groups is 2. The largest absolute Gasteiger partial charge is 0.497 e. The number of ether oxygens (including phenoxy) is 1. The molecule has 0 atom stereocenters. The average molecular weight is 287 g/mol. The summed E-state index contributed by atoms with van der Waals surface area (Å²) in [6.45, 7) is 0. The number of amides is 1. The molecule has 0 heterocycles. The molecule has 0 bridgehead atoms. The number of carbonyl (C=O) groups excluding carboxylic acids is 2. The first-order valence-corrected chi connectivity index (χ1v) is 6.73. The van der Waals surface area contributed by atoms with Crippen LogP contribution in [0, 0.1) is 0 Å². The molecule has 2 aromatic rings. The van der Waals surface area contributed by atoms with Gasteiger partial charge in [-0.2, -0.15) is 0 Å². The van der Waals surface area contributed by atoms with Gasteiger partial charge in [0.2, 0.25) is 5.12 Å². The molecule has 0 saturated heterocycles. The Morgan fingerprint density at radius 2 is 1.60 bits per heavy atom. The third-order valence-electron chi connectivity index (χ3n) is 2.60. The van der Waals surface area contributed by atoms with Crippen LogP contribution in [0.4, 0.5) is 0 Å². The Labute approximate surface area is 121 Å². The lowest BCUT2D eigenvalue weighted by Crippen LogP contribution is -2.18. The van der Waals surface area contributed by atoms with Crippen molar-refractivity contribution in [2.45, 2.75) is 0 Å². The van der Waals surface area contributed by atoms with Crippen molar-refractivity contribution < 1.29 is 14.3 Å². The smallest absolute Gasteiger partial charge is 0.261 e. The zero-order valence-corrected chi connectivity index (χ0v) is 11.6. The first-order chi connectivity index (χ1) is 9.70. The Bertz CT molecular complexity index is 596. The van der Waals surface area contributed by atoms with Crippen molar-refractivity contribution in [2.75, 3.05) is 7.11 Å². The van der Waals surface area contributed by atoms with E-state index in [-0.39, 0.29) is 11.0 Å². The summed E-state index contributed by atoms with van der Waals surface area (Å²) in [6, 6.07) is 15.5. The second-order valence-corrected chi connectivity index (χ2v) is 4.69. The van der Waals surface area contributed by atoms with Gasteiger partial charge in [-0.3, -0.25) is 14.3 Å². The van der Waals surface area contributed by atoms with Crippen LogP contribution in [-0.2, 0) is 0 Å². The molecular weight excluding hydrogens is 274 g/mol. The fraction of sp³-hybridized carbons (Fsp3) is 0.0667. The van der Waals surface area contributed by atoms with Gasteiger partial charge in [0.1, 0.15) is 5.75 Å². The molecular formula is C15H13NO3S. The molecule has 4 nitrogen and oxygen atoms in total. The zero-order chi connectivity index (χ0) is 14.4. The summed E-state index contributed by atoms with van der Waals surface area (Å²) in [5.74, 6) is 0.386. The molecule has 0 saturated carbocycles. The lowest BCUT2D eigenvalue weighted by molar-refractivity contribution is 0.0978. The van der Waals surface area contributed by atoms with Gasteiger partial charge in [0.15, 0.2) is 0 Å². The van der Waals surface area contributed by atoms with Crippen LogP contribution >= 0.6 is 11.9 Å². The second-order valence-electron chi connectivity index (χ2n) is 3.92. The average Bonchev–Trinajstić information content (AvgIpc) is 2.53. The van der Waals surface area contributed by atoms with E-state index in [9.17, 15) is 9.59 Å². The maximum absolute atomic E-state index is 11.9. The molecule has 0 radical (unpaired) electrons. The summed E-state index contributed by atoms with van der Waals surface area (Å²) in [5, 5.41) is -0.225. The van der Waals surface area contributed by atoms with E-state index in [0.29, 0.717) is 16.9 Å². The third kappa shape index (κ3) is 3.61. The van der Waals surface area contributed by atoms with Gasteiger partial charge in [-0.25, -0.2) is 0 Å². The predicted molar refractivity (Wildman–Crippen MR) is 78.8 cm³/mol. The van der Waals surface area contributed by atoms with Crippen molar-refractivity contribution in [2.24, 2.45) is 0 Å². The molecule has 0 aliphatic carbocycles. The maximum Gasteiger partial charge on any atom is 0.261 e. The van der Waals surface area contributed by atoms with Crippen LogP contribution in [0.25, 0.3) is 0 Å². The van der Waals surface area contributed by atoms with E-state index in [2.05, 4.69) is 4.72 Å². The van der Waals surface area contributed by atoms with Crippen LogP contribution in [0.15, 0.2) is 54.6 Å². The molecule has 0 aliphatic rings. The number of nitrogens with one attached hydrogen (secondary N) is 1. The van der Waals surface area contributed by atoms with Crippen molar-refractivity contribution in [3.8, 4) is 5.75 Å². The van der Waals surface area contributed by atoms with Crippen molar-refractivity contribution in [3.63, 3.8) is 0 Å². The third-order valence-corrected chi connectivity index (χ3v) is 3.31. The molecule has 2 aromatic carbocycles. The molecule has 0 aliphatic heterocycles. The van der Waals surface area contributed by atoms with E-state index in [1.165, 1.54) is 0 Å². The van der Waals surface area contributed by atoms with Gasteiger partial charge >= 0.3 is 0 Å². The molecule has 0 fully saturated rings. The van der Waals surface area contributed by atoms with E-state index in [1.54, 1.807) is 55.6 Å². The molecule has 0 aromatic heterocycles. The van der Waals surface area contributed by atoms with Gasteiger partial charge in [-0.15, -0.1) is 0 Å². The van der Waals surface area contributed by atoms with Crippen LogP contribution < -0.4 is 9.46 Å². The molecule has 0 spiro atoms. The van der Waals surface area contributed by atoms with Gasteiger partial charge in [0.05, 0.1) is 7.11 Å². The van der Waals surface area contributed by atoms with E-state index in [1.807, 2.05) is 6.07 Å². The molecule has 5 heteroatoms. The van der Waals surface area contributed by atoms with Gasteiger partial charge < -0.3 is 4.74 Å². The second kappa shape index (κ2) is 6.77. The van der Waals surface area contributed by atoms with Crippen LogP contribution in [0.3, 0.4) is 0 Å². The number of methoxy groups -OCH3 is 1. The summed E-state index contributed by atoms with van der Waals surface area (Å²) in [7, 11) is 1.56. The minimum absolute atomic E-state index is 0.225. The van der Waals surface area contributed by atoms with Gasteiger partial charge in [-0.1, -0.05) is 18.2 Å². The molecule has 20 heavy (non-hydrogen) atoms. The Balaban J connectivity index is 1.93. The standard InChI is InChI=1S/C15H13NO3S/c1-19-13-9-7-12(8-10-13)15(18)20-16-14(17)11-5-3-2-4-6-11/h2-10H,1H3,(H,16,17). The quantitative estimate of drug-likeness (QED) is 0.882. The molecule has 1 amide bonds. The Morgan fingerprint density at radius 1 is 0.950 bits per heavy atom. The SMILES string of the molecule is COc1ccc(C(=O)SNC(=O)c2ccccc2)cc1. The van der Waals surface area contributed by atoms with E-state index >= 15 is 0 Å². The van der Waals surface area contributed by atoms with Crippen molar-refractivity contribution in [1.29, 1.82) is 0 Å². The normalized spacial score (nSPS) is 9.85. The summed E-state index contributed by atoms with van der Waals surface area (Å²) >= 11 is 0.767. The van der Waals surface area contributed by atoms with E-state index in [0.717, 1.165) is 11.9 Å². The van der Waals surface area contributed by atoms with Crippen LogP contribution in [0.5, 0.6) is 5.75 Å². The molecule has 0 unspecified atom stereocenters. The molecule has 1 N–H and O–H groups in total. The summed E-state index contributed by atoms with van der Waals surface area (Å²) < 4.78 is 7.54. The monoisotopic (exact) mass is 287 g/mol. The fourth-order valence-corrected chi connectivity index (χ4v) is 2.08. The number of benzene rings is 2. The zero-order valence-electron chi connectivity index (χ0n) is 10.8. The fourth-order valence-electron chi connectivity index (χ4n) is 1.53. The van der Waals surface area contributed by atoms with E-state index in [4.69, 9.17) is 4.74 Å².